The fraction of sp³-hybridized carbons (Fsp3) is 0.222. The second kappa shape index (κ2) is 8.57. The van der Waals surface area contributed by atoms with Crippen molar-refractivity contribution in [2.75, 3.05) is 5.75 Å². The highest BCUT2D eigenvalue weighted by molar-refractivity contribution is 7.91. The van der Waals surface area contributed by atoms with Crippen molar-refractivity contribution in [3.63, 3.8) is 0 Å². The lowest BCUT2D eigenvalue weighted by Crippen LogP contribution is -2.45. The number of benzene rings is 2. The smallest absolute Gasteiger partial charge is 0.240 e. The first-order chi connectivity index (χ1) is 12.3. The van der Waals surface area contributed by atoms with E-state index in [0.717, 1.165) is 0 Å². The van der Waals surface area contributed by atoms with Crippen LogP contribution in [-0.4, -0.2) is 32.0 Å². The highest BCUT2D eigenvalue weighted by Gasteiger charge is 2.22. The molecule has 2 aromatic carbocycles. The monoisotopic (exact) mass is 378 g/mol. The number of nitrogens with two attached hydrogens (primary N) is 1. The molecule has 0 aliphatic heterocycles. The number of carbonyl (C=O) groups is 2. The summed E-state index contributed by atoms with van der Waals surface area (Å²) in [6.45, 7) is 0. The molecule has 0 fully saturated rings. The fourth-order valence-electron chi connectivity index (χ4n) is 2.34. The maximum atomic E-state index is 12.9. The number of hydrogen-bond donors (Lipinski definition) is 2. The molecule has 0 spiro atoms. The van der Waals surface area contributed by atoms with Gasteiger partial charge in [-0.15, -0.1) is 0 Å². The molecule has 2 aromatic rings. The molecular formula is C18H19FN2O4S. The Kier molecular flexibility index (Phi) is 6.46. The quantitative estimate of drug-likeness (QED) is 0.720. The molecule has 2 amide bonds. The van der Waals surface area contributed by atoms with Crippen LogP contribution in [0.1, 0.15) is 12.0 Å². The first-order valence-electron chi connectivity index (χ1n) is 7.89. The van der Waals surface area contributed by atoms with Gasteiger partial charge < -0.3 is 11.1 Å². The summed E-state index contributed by atoms with van der Waals surface area (Å²) in [6, 6.07) is 12.1. The van der Waals surface area contributed by atoms with Crippen molar-refractivity contribution >= 4 is 21.7 Å². The van der Waals surface area contributed by atoms with Gasteiger partial charge in [0.25, 0.3) is 0 Å². The van der Waals surface area contributed by atoms with Crippen molar-refractivity contribution in [2.24, 2.45) is 5.73 Å². The molecule has 0 aliphatic rings. The third kappa shape index (κ3) is 5.66. The molecule has 1 atom stereocenters. The number of carbonyl (C=O) groups excluding carboxylic acids is 2. The van der Waals surface area contributed by atoms with E-state index in [2.05, 4.69) is 5.32 Å². The van der Waals surface area contributed by atoms with Crippen LogP contribution in [0.25, 0.3) is 0 Å². The third-order valence-electron chi connectivity index (χ3n) is 3.73. The molecular weight excluding hydrogens is 359 g/mol. The Morgan fingerprint density at radius 2 is 1.65 bits per heavy atom. The van der Waals surface area contributed by atoms with Gasteiger partial charge in [-0.05, 0) is 36.2 Å². The molecule has 0 radical (unpaired) electrons. The number of hydrogen-bond acceptors (Lipinski definition) is 4. The van der Waals surface area contributed by atoms with Gasteiger partial charge in [0.15, 0.2) is 9.84 Å². The summed E-state index contributed by atoms with van der Waals surface area (Å²) in [5.41, 5.74) is 5.83. The van der Waals surface area contributed by atoms with Crippen molar-refractivity contribution in [3.05, 3.63) is 66.0 Å². The number of nitrogens with one attached hydrogen (secondary N) is 1. The summed E-state index contributed by atoms with van der Waals surface area (Å²) in [6.07, 6.45) is -0.211. The summed E-state index contributed by atoms with van der Waals surface area (Å²) in [7, 11) is -3.59. The second-order valence-electron chi connectivity index (χ2n) is 5.75. The van der Waals surface area contributed by atoms with Crippen LogP contribution in [0.3, 0.4) is 0 Å². The summed E-state index contributed by atoms with van der Waals surface area (Å²) in [5, 5.41) is 2.43. The Morgan fingerprint density at radius 1 is 1.04 bits per heavy atom. The van der Waals surface area contributed by atoms with Gasteiger partial charge in [-0.25, -0.2) is 12.8 Å². The van der Waals surface area contributed by atoms with E-state index in [9.17, 15) is 22.4 Å². The van der Waals surface area contributed by atoms with Crippen LogP contribution in [0.5, 0.6) is 0 Å². The molecule has 3 N–H and O–H groups in total. The van der Waals surface area contributed by atoms with E-state index in [-0.39, 0.29) is 23.5 Å². The molecule has 26 heavy (non-hydrogen) atoms. The lowest BCUT2D eigenvalue weighted by Gasteiger charge is -2.15. The summed E-state index contributed by atoms with van der Waals surface area (Å²) in [5.74, 6) is -2.07. The highest BCUT2D eigenvalue weighted by atomic mass is 32.2. The number of primary amides is 1. The molecule has 6 nitrogen and oxygen atoms in total. The average molecular weight is 378 g/mol. The molecule has 0 unspecified atom stereocenters. The number of rotatable bonds is 8. The average Bonchev–Trinajstić information content (AvgIpc) is 2.61. The normalized spacial score (nSPS) is 12.3. The molecule has 0 aromatic heterocycles. The van der Waals surface area contributed by atoms with E-state index in [1.165, 1.54) is 36.4 Å². The van der Waals surface area contributed by atoms with Crippen LogP contribution in [0, 0.1) is 5.82 Å². The van der Waals surface area contributed by atoms with Crippen LogP contribution in [-0.2, 0) is 25.8 Å². The molecule has 0 heterocycles. The fourth-order valence-corrected chi connectivity index (χ4v) is 3.69. The van der Waals surface area contributed by atoms with Crippen LogP contribution >= 0.6 is 0 Å². The van der Waals surface area contributed by atoms with Crippen molar-refractivity contribution in [3.8, 4) is 0 Å². The first-order valence-corrected chi connectivity index (χ1v) is 9.54. The minimum atomic E-state index is -3.59. The Labute approximate surface area is 151 Å². The van der Waals surface area contributed by atoms with Crippen molar-refractivity contribution < 1.29 is 22.4 Å². The zero-order valence-corrected chi connectivity index (χ0v) is 14.7. The Bertz CT molecular complexity index is 868. The van der Waals surface area contributed by atoms with E-state index >= 15 is 0 Å². The molecule has 8 heteroatoms. The van der Waals surface area contributed by atoms with Crippen molar-refractivity contribution in [1.29, 1.82) is 0 Å². The maximum Gasteiger partial charge on any atom is 0.240 e. The van der Waals surface area contributed by atoms with Crippen molar-refractivity contribution in [2.45, 2.75) is 23.8 Å². The van der Waals surface area contributed by atoms with Gasteiger partial charge in [-0.3, -0.25) is 9.59 Å². The van der Waals surface area contributed by atoms with E-state index in [1.807, 2.05) is 0 Å². The van der Waals surface area contributed by atoms with E-state index in [4.69, 9.17) is 5.73 Å². The van der Waals surface area contributed by atoms with E-state index < -0.39 is 33.5 Å². The van der Waals surface area contributed by atoms with Gasteiger partial charge in [0.2, 0.25) is 11.8 Å². The van der Waals surface area contributed by atoms with Gasteiger partial charge >= 0.3 is 0 Å². The Hall–Kier alpha value is -2.74. The Morgan fingerprint density at radius 3 is 2.23 bits per heavy atom. The van der Waals surface area contributed by atoms with Crippen LogP contribution < -0.4 is 11.1 Å². The largest absolute Gasteiger partial charge is 0.368 e. The van der Waals surface area contributed by atoms with Gasteiger partial charge in [-0.2, -0.15) is 0 Å². The van der Waals surface area contributed by atoms with E-state index in [1.54, 1.807) is 18.2 Å². The number of amides is 2. The molecule has 0 aliphatic carbocycles. The van der Waals surface area contributed by atoms with E-state index in [0.29, 0.717) is 5.56 Å². The lowest BCUT2D eigenvalue weighted by atomic mass is 10.1. The molecule has 0 saturated carbocycles. The predicted octanol–water partition coefficient (Wildman–Crippen LogP) is 1.20. The van der Waals surface area contributed by atoms with Gasteiger partial charge in [0.05, 0.1) is 17.1 Å². The minimum Gasteiger partial charge on any atom is -0.368 e. The topological polar surface area (TPSA) is 106 Å². The number of sulfone groups is 1. The van der Waals surface area contributed by atoms with Gasteiger partial charge in [0.1, 0.15) is 11.9 Å². The zero-order chi connectivity index (χ0) is 19.2. The summed E-state index contributed by atoms with van der Waals surface area (Å²) in [4.78, 5) is 23.7. The van der Waals surface area contributed by atoms with Crippen LogP contribution in [0.4, 0.5) is 4.39 Å². The first kappa shape index (κ1) is 19.6. The molecule has 138 valence electrons. The summed E-state index contributed by atoms with van der Waals surface area (Å²) < 4.78 is 37.4. The predicted molar refractivity (Wildman–Crippen MR) is 94.3 cm³/mol. The third-order valence-corrected chi connectivity index (χ3v) is 5.50. The van der Waals surface area contributed by atoms with Crippen molar-refractivity contribution in [1.82, 2.24) is 5.32 Å². The molecule has 2 rings (SSSR count). The molecule has 0 bridgehead atoms. The van der Waals surface area contributed by atoms with Crippen LogP contribution in [0.2, 0.25) is 0 Å². The highest BCUT2D eigenvalue weighted by Crippen LogP contribution is 2.12. The summed E-state index contributed by atoms with van der Waals surface area (Å²) >= 11 is 0. The zero-order valence-electron chi connectivity index (χ0n) is 13.9. The SMILES string of the molecule is NC(=O)[C@@H](CCS(=O)(=O)c1ccccc1)NC(=O)Cc1ccc(F)cc1. The standard InChI is InChI=1S/C18H19FN2O4S/c19-14-8-6-13(7-9-14)12-17(22)21-16(18(20)23)10-11-26(24,25)15-4-2-1-3-5-15/h1-9,16H,10-12H2,(H2,20,23)(H,21,22)/t16-/m1/s1. The number of halogens is 1. The Balaban J connectivity index is 1.97. The minimum absolute atomic E-state index is 0.0739. The maximum absolute atomic E-state index is 12.9. The van der Waals surface area contributed by atoms with Crippen LogP contribution in [0.15, 0.2) is 59.5 Å². The lowest BCUT2D eigenvalue weighted by molar-refractivity contribution is -0.127. The molecule has 0 saturated heterocycles. The second-order valence-corrected chi connectivity index (χ2v) is 7.86. The van der Waals surface area contributed by atoms with Gasteiger partial charge in [0, 0.05) is 0 Å². The van der Waals surface area contributed by atoms with Gasteiger partial charge in [-0.1, -0.05) is 30.3 Å².